The van der Waals surface area contributed by atoms with Crippen LogP contribution < -0.4 is 10.2 Å². The van der Waals surface area contributed by atoms with E-state index in [0.29, 0.717) is 24.4 Å². The topological polar surface area (TPSA) is 65.4 Å². The molecular formula is C18H22FN3O2. The summed E-state index contributed by atoms with van der Waals surface area (Å²) >= 11 is 0. The lowest BCUT2D eigenvalue weighted by Gasteiger charge is -2.35. The van der Waals surface area contributed by atoms with Gasteiger partial charge in [-0.15, -0.1) is 0 Å². The van der Waals surface area contributed by atoms with Gasteiger partial charge < -0.3 is 15.0 Å². The first-order valence-electron chi connectivity index (χ1n) is 8.50. The zero-order valence-corrected chi connectivity index (χ0v) is 13.6. The van der Waals surface area contributed by atoms with Crippen molar-refractivity contribution in [3.63, 3.8) is 0 Å². The molecule has 2 aliphatic rings. The van der Waals surface area contributed by atoms with Gasteiger partial charge in [-0.3, -0.25) is 4.79 Å². The molecule has 0 spiro atoms. The fourth-order valence-electron chi connectivity index (χ4n) is 3.41. The molecule has 2 atom stereocenters. The van der Waals surface area contributed by atoms with Crippen molar-refractivity contribution in [3.05, 3.63) is 29.6 Å². The average Bonchev–Trinajstić information content (AvgIpc) is 2.62. The molecule has 0 aromatic heterocycles. The van der Waals surface area contributed by atoms with Gasteiger partial charge in [-0.25, -0.2) is 4.39 Å². The van der Waals surface area contributed by atoms with Gasteiger partial charge in [-0.05, 0) is 43.9 Å². The van der Waals surface area contributed by atoms with Crippen molar-refractivity contribution in [2.45, 2.75) is 31.7 Å². The summed E-state index contributed by atoms with van der Waals surface area (Å²) in [6, 6.07) is 6.49. The van der Waals surface area contributed by atoms with Crippen LogP contribution in [0.15, 0.2) is 18.2 Å². The average molecular weight is 331 g/mol. The highest BCUT2D eigenvalue weighted by molar-refractivity contribution is 5.79. The number of halogens is 1. The second kappa shape index (κ2) is 7.63. The molecule has 0 aliphatic carbocycles. The molecule has 1 N–H and O–H groups in total. The number of amides is 1. The number of anilines is 1. The van der Waals surface area contributed by atoms with Crippen LogP contribution in [0.25, 0.3) is 0 Å². The van der Waals surface area contributed by atoms with Crippen LogP contribution >= 0.6 is 0 Å². The lowest BCUT2D eigenvalue weighted by Crippen LogP contribution is -2.50. The summed E-state index contributed by atoms with van der Waals surface area (Å²) < 4.78 is 19.6. The smallest absolute Gasteiger partial charge is 0.225 e. The molecule has 5 nitrogen and oxygen atoms in total. The molecule has 2 fully saturated rings. The van der Waals surface area contributed by atoms with E-state index in [4.69, 9.17) is 10.00 Å². The standard InChI is InChI=1S/C18H22FN3O2/c19-16-9-13(10-20)5-6-17(16)22-7-1-4-15(11-22)21-18(23)14-3-2-8-24-12-14/h5-6,9,14-15H,1-4,7-8,11-12H2,(H,21,23)/t14-,15+/m0/s1. The van der Waals surface area contributed by atoms with Gasteiger partial charge in [0.1, 0.15) is 5.82 Å². The Morgan fingerprint density at radius 3 is 2.96 bits per heavy atom. The van der Waals surface area contributed by atoms with E-state index in [9.17, 15) is 9.18 Å². The van der Waals surface area contributed by atoms with Crippen LogP contribution in [-0.2, 0) is 9.53 Å². The number of piperidine rings is 1. The summed E-state index contributed by atoms with van der Waals surface area (Å²) in [5.41, 5.74) is 0.810. The van der Waals surface area contributed by atoms with Crippen molar-refractivity contribution in [2.24, 2.45) is 5.92 Å². The van der Waals surface area contributed by atoms with Crippen molar-refractivity contribution in [2.75, 3.05) is 31.2 Å². The molecule has 0 radical (unpaired) electrons. The Labute approximate surface area is 141 Å². The van der Waals surface area contributed by atoms with Gasteiger partial charge in [0.05, 0.1) is 29.8 Å². The molecule has 2 aliphatic heterocycles. The number of nitriles is 1. The van der Waals surface area contributed by atoms with Gasteiger partial charge in [0.25, 0.3) is 0 Å². The molecule has 0 saturated carbocycles. The van der Waals surface area contributed by atoms with Crippen LogP contribution in [0.3, 0.4) is 0 Å². The zero-order chi connectivity index (χ0) is 16.9. The van der Waals surface area contributed by atoms with E-state index in [-0.39, 0.29) is 23.7 Å². The number of ether oxygens (including phenoxy) is 1. The fourth-order valence-corrected chi connectivity index (χ4v) is 3.41. The van der Waals surface area contributed by atoms with Crippen LogP contribution in [0, 0.1) is 23.1 Å². The number of benzene rings is 1. The number of hydrogen-bond acceptors (Lipinski definition) is 4. The summed E-state index contributed by atoms with van der Waals surface area (Å²) in [6.07, 6.45) is 3.58. The molecule has 128 valence electrons. The molecule has 3 rings (SSSR count). The lowest BCUT2D eigenvalue weighted by molar-refractivity contribution is -0.129. The van der Waals surface area contributed by atoms with Crippen molar-refractivity contribution >= 4 is 11.6 Å². The van der Waals surface area contributed by atoms with Crippen LogP contribution in [0.2, 0.25) is 0 Å². The van der Waals surface area contributed by atoms with Crippen molar-refractivity contribution in [1.82, 2.24) is 5.32 Å². The SMILES string of the molecule is N#Cc1ccc(N2CCC[C@@H](NC(=O)[C@H]3CCCOC3)C2)c(F)c1. The Hall–Kier alpha value is -2.13. The number of nitrogens with one attached hydrogen (secondary N) is 1. The van der Waals surface area contributed by atoms with E-state index >= 15 is 0 Å². The van der Waals surface area contributed by atoms with E-state index in [1.54, 1.807) is 12.1 Å². The number of carbonyl (C=O) groups is 1. The zero-order valence-electron chi connectivity index (χ0n) is 13.6. The third-order valence-electron chi connectivity index (χ3n) is 4.72. The molecule has 0 bridgehead atoms. The Kier molecular flexibility index (Phi) is 5.31. The van der Waals surface area contributed by atoms with Gasteiger partial charge in [0.15, 0.2) is 0 Å². The molecule has 2 saturated heterocycles. The second-order valence-corrected chi connectivity index (χ2v) is 6.49. The first kappa shape index (κ1) is 16.7. The summed E-state index contributed by atoms with van der Waals surface area (Å²) in [6.45, 7) is 2.56. The van der Waals surface area contributed by atoms with Crippen molar-refractivity contribution in [3.8, 4) is 6.07 Å². The van der Waals surface area contributed by atoms with Gasteiger partial charge in [0, 0.05) is 25.7 Å². The van der Waals surface area contributed by atoms with Crippen LogP contribution in [0.5, 0.6) is 0 Å². The molecule has 1 aromatic rings. The first-order chi connectivity index (χ1) is 11.7. The van der Waals surface area contributed by atoms with E-state index in [1.165, 1.54) is 6.07 Å². The predicted molar refractivity (Wildman–Crippen MR) is 88.0 cm³/mol. The Bertz CT molecular complexity index is 638. The highest BCUT2D eigenvalue weighted by Gasteiger charge is 2.27. The molecule has 2 heterocycles. The second-order valence-electron chi connectivity index (χ2n) is 6.49. The van der Waals surface area contributed by atoms with Crippen LogP contribution in [-0.4, -0.2) is 38.3 Å². The minimum Gasteiger partial charge on any atom is -0.381 e. The maximum Gasteiger partial charge on any atom is 0.225 e. The molecule has 6 heteroatoms. The minimum atomic E-state index is -0.387. The van der Waals surface area contributed by atoms with Gasteiger partial charge >= 0.3 is 0 Å². The number of rotatable bonds is 3. The number of nitrogens with zero attached hydrogens (tertiary/aromatic N) is 2. The summed E-state index contributed by atoms with van der Waals surface area (Å²) in [4.78, 5) is 14.3. The summed E-state index contributed by atoms with van der Waals surface area (Å²) in [5, 5.41) is 11.9. The minimum absolute atomic E-state index is 0.0169. The molecule has 24 heavy (non-hydrogen) atoms. The number of carbonyl (C=O) groups excluding carboxylic acids is 1. The third-order valence-corrected chi connectivity index (χ3v) is 4.72. The van der Waals surface area contributed by atoms with Gasteiger partial charge in [-0.1, -0.05) is 0 Å². The first-order valence-corrected chi connectivity index (χ1v) is 8.50. The molecular weight excluding hydrogens is 309 g/mol. The van der Waals surface area contributed by atoms with E-state index in [0.717, 1.165) is 38.8 Å². The maximum absolute atomic E-state index is 14.2. The van der Waals surface area contributed by atoms with E-state index in [2.05, 4.69) is 5.32 Å². The maximum atomic E-state index is 14.2. The van der Waals surface area contributed by atoms with Gasteiger partial charge in [0.2, 0.25) is 5.91 Å². The lowest BCUT2D eigenvalue weighted by atomic mass is 9.99. The Morgan fingerprint density at radius 1 is 1.38 bits per heavy atom. The highest BCUT2D eigenvalue weighted by atomic mass is 19.1. The normalized spacial score (nSPS) is 24.2. The highest BCUT2D eigenvalue weighted by Crippen LogP contribution is 2.24. The molecule has 1 amide bonds. The number of hydrogen-bond donors (Lipinski definition) is 1. The summed E-state index contributed by atoms with van der Waals surface area (Å²) in [5.74, 6) is -0.413. The predicted octanol–water partition coefficient (Wildman–Crippen LogP) is 2.21. The summed E-state index contributed by atoms with van der Waals surface area (Å²) in [7, 11) is 0. The van der Waals surface area contributed by atoms with E-state index in [1.807, 2.05) is 11.0 Å². The molecule has 1 aromatic carbocycles. The largest absolute Gasteiger partial charge is 0.381 e. The third kappa shape index (κ3) is 3.85. The van der Waals surface area contributed by atoms with Gasteiger partial charge in [-0.2, -0.15) is 5.26 Å². The fraction of sp³-hybridized carbons (Fsp3) is 0.556. The van der Waals surface area contributed by atoms with Crippen molar-refractivity contribution < 1.29 is 13.9 Å². The van der Waals surface area contributed by atoms with Crippen LogP contribution in [0.4, 0.5) is 10.1 Å². The monoisotopic (exact) mass is 331 g/mol. The quantitative estimate of drug-likeness (QED) is 0.922. The Morgan fingerprint density at radius 2 is 2.25 bits per heavy atom. The van der Waals surface area contributed by atoms with Crippen LogP contribution in [0.1, 0.15) is 31.2 Å². The Balaban J connectivity index is 1.62. The van der Waals surface area contributed by atoms with E-state index < -0.39 is 0 Å². The molecule has 0 unspecified atom stereocenters. The van der Waals surface area contributed by atoms with Crippen molar-refractivity contribution in [1.29, 1.82) is 5.26 Å².